The summed E-state index contributed by atoms with van der Waals surface area (Å²) in [4.78, 5) is 12.7. The average Bonchev–Trinajstić information content (AvgIpc) is 2.29. The van der Waals surface area contributed by atoms with Crippen LogP contribution in [-0.4, -0.2) is 18.1 Å². The molecular weight excluding hydrogens is 232 g/mol. The van der Waals surface area contributed by atoms with Crippen molar-refractivity contribution in [2.24, 2.45) is 11.0 Å². The highest BCUT2D eigenvalue weighted by atomic mass is 16.4. The van der Waals surface area contributed by atoms with Crippen LogP contribution >= 0.6 is 0 Å². The minimum atomic E-state index is -1.31. The number of hydrogen-bond acceptors (Lipinski definition) is 3. The van der Waals surface area contributed by atoms with Crippen LogP contribution in [0.1, 0.15) is 52.4 Å². The van der Waals surface area contributed by atoms with Gasteiger partial charge in [-0.1, -0.05) is 25.4 Å². The van der Waals surface area contributed by atoms with Crippen molar-refractivity contribution in [2.75, 3.05) is 0 Å². The maximum atomic E-state index is 10.2. The Bertz CT molecular complexity index is 280. The maximum absolute atomic E-state index is 10.2. The molecule has 0 aromatic heterocycles. The van der Waals surface area contributed by atoms with Crippen LogP contribution in [0.2, 0.25) is 0 Å². The van der Waals surface area contributed by atoms with Gasteiger partial charge in [0.15, 0.2) is 0 Å². The molecule has 1 rings (SSSR count). The van der Waals surface area contributed by atoms with E-state index < -0.39 is 12.0 Å². The normalized spacial score (nSPS) is 17.3. The van der Waals surface area contributed by atoms with Crippen LogP contribution in [0, 0.1) is 5.92 Å². The van der Waals surface area contributed by atoms with Crippen LogP contribution < -0.4 is 10.8 Å². The summed E-state index contributed by atoms with van der Waals surface area (Å²) in [5, 5.41) is 13.3. The molecule has 3 N–H and O–H groups in total. The van der Waals surface area contributed by atoms with Crippen molar-refractivity contribution in [1.82, 2.24) is 0 Å². The first-order valence-electron chi connectivity index (χ1n) is 6.55. The van der Waals surface area contributed by atoms with E-state index in [-0.39, 0.29) is 5.92 Å². The summed E-state index contributed by atoms with van der Waals surface area (Å²) in [6.45, 7) is 3.70. The highest BCUT2D eigenvalue weighted by molar-refractivity contribution is 5.71. The quantitative estimate of drug-likeness (QED) is 0.459. The van der Waals surface area contributed by atoms with E-state index in [1.54, 1.807) is 0 Å². The van der Waals surface area contributed by atoms with E-state index in [0.717, 1.165) is 6.04 Å². The molecule has 6 heteroatoms. The van der Waals surface area contributed by atoms with Gasteiger partial charge in [0.1, 0.15) is 0 Å². The fraction of sp³-hybridized carbons (Fsp3) is 0.917. The van der Waals surface area contributed by atoms with Crippen molar-refractivity contribution in [3.63, 3.8) is 0 Å². The molecular formula is C12H24N4O2. The van der Waals surface area contributed by atoms with Gasteiger partial charge in [0, 0.05) is 4.91 Å². The van der Waals surface area contributed by atoms with Crippen molar-refractivity contribution < 1.29 is 15.6 Å². The molecule has 1 atom stereocenters. The van der Waals surface area contributed by atoms with Crippen molar-refractivity contribution >= 4 is 5.97 Å². The van der Waals surface area contributed by atoms with E-state index in [1.165, 1.54) is 32.1 Å². The molecule has 0 aliphatic heterocycles. The molecule has 18 heavy (non-hydrogen) atoms. The molecule has 1 fully saturated rings. The lowest BCUT2D eigenvalue weighted by Crippen LogP contribution is -2.61. The SMILES string of the molecule is CC(C)C[C@H](N=[N+]=[N-])C(=O)[O-].[NH3+]C1CCCCC1. The molecule has 104 valence electrons. The number of carbonyl (C=O) groups excluding carboxylic acids is 1. The molecule has 0 aromatic rings. The molecule has 0 spiro atoms. The van der Waals surface area contributed by atoms with Gasteiger partial charge in [-0.25, -0.2) is 0 Å². The van der Waals surface area contributed by atoms with Crippen molar-refractivity contribution in [2.45, 2.75) is 64.5 Å². The van der Waals surface area contributed by atoms with Gasteiger partial charge in [-0.15, -0.1) is 0 Å². The summed E-state index contributed by atoms with van der Waals surface area (Å²) < 4.78 is 0. The Hall–Kier alpha value is -1.26. The molecule has 1 aliphatic rings. The molecule has 0 heterocycles. The van der Waals surface area contributed by atoms with Gasteiger partial charge in [-0.3, -0.25) is 0 Å². The van der Waals surface area contributed by atoms with Crippen LogP contribution in [-0.2, 0) is 4.79 Å². The second kappa shape index (κ2) is 9.74. The largest absolute Gasteiger partial charge is 0.550 e. The lowest BCUT2D eigenvalue weighted by atomic mass is 9.97. The minimum absolute atomic E-state index is 0.184. The first-order valence-corrected chi connectivity index (χ1v) is 6.55. The number of quaternary nitrogens is 1. The Balaban J connectivity index is 0.000000351. The molecule has 0 aromatic carbocycles. The lowest BCUT2D eigenvalue weighted by molar-refractivity contribution is -0.425. The average molecular weight is 256 g/mol. The summed E-state index contributed by atoms with van der Waals surface area (Å²) >= 11 is 0. The third-order valence-corrected chi connectivity index (χ3v) is 2.88. The van der Waals surface area contributed by atoms with Gasteiger partial charge in [-0.2, -0.15) is 0 Å². The number of rotatable bonds is 4. The Labute approximate surface area is 108 Å². The number of nitrogens with zero attached hydrogens (tertiary/aromatic N) is 3. The fourth-order valence-electron chi connectivity index (χ4n) is 1.89. The van der Waals surface area contributed by atoms with E-state index in [4.69, 9.17) is 5.53 Å². The van der Waals surface area contributed by atoms with E-state index in [2.05, 4.69) is 15.8 Å². The Morgan fingerprint density at radius 3 is 2.28 bits per heavy atom. The van der Waals surface area contributed by atoms with Crippen LogP contribution in [0.5, 0.6) is 0 Å². The van der Waals surface area contributed by atoms with Gasteiger partial charge in [0.2, 0.25) is 0 Å². The van der Waals surface area contributed by atoms with Gasteiger partial charge >= 0.3 is 0 Å². The second-order valence-electron chi connectivity index (χ2n) is 5.17. The molecule has 0 saturated heterocycles. The highest BCUT2D eigenvalue weighted by Gasteiger charge is 2.10. The van der Waals surface area contributed by atoms with E-state index in [9.17, 15) is 9.90 Å². The van der Waals surface area contributed by atoms with E-state index in [1.807, 2.05) is 13.8 Å². The van der Waals surface area contributed by atoms with Gasteiger partial charge in [0.25, 0.3) is 0 Å². The highest BCUT2D eigenvalue weighted by Crippen LogP contribution is 2.13. The van der Waals surface area contributed by atoms with E-state index in [0.29, 0.717) is 6.42 Å². The van der Waals surface area contributed by atoms with Crippen molar-refractivity contribution in [3.8, 4) is 0 Å². The zero-order valence-corrected chi connectivity index (χ0v) is 11.3. The Morgan fingerprint density at radius 1 is 1.44 bits per heavy atom. The van der Waals surface area contributed by atoms with Crippen LogP contribution in [0.25, 0.3) is 10.4 Å². The number of aliphatic carboxylic acids is 1. The summed E-state index contributed by atoms with van der Waals surface area (Å²) in [7, 11) is 0. The van der Waals surface area contributed by atoms with E-state index >= 15 is 0 Å². The lowest BCUT2D eigenvalue weighted by Gasteiger charge is -2.13. The number of azide groups is 1. The monoisotopic (exact) mass is 256 g/mol. The maximum Gasteiger partial charge on any atom is 0.0843 e. The number of hydrogen-bond donors (Lipinski definition) is 1. The van der Waals surface area contributed by atoms with Gasteiger partial charge in [-0.05, 0) is 43.6 Å². The molecule has 1 saturated carbocycles. The standard InChI is InChI=1S/C6H11N3O2.C6H13N/c1-4(2)3-5(6(10)11)8-9-7;7-6-4-2-1-3-5-6/h4-5H,3H2,1-2H3,(H,10,11);6H,1-5,7H2/t5-;/m0./s1. The summed E-state index contributed by atoms with van der Waals surface area (Å²) in [5.74, 6) is -1.13. The topological polar surface area (TPSA) is 117 Å². The smallest absolute Gasteiger partial charge is 0.0843 e. The zero-order chi connectivity index (χ0) is 14.0. The number of carboxylic acid groups (broad SMARTS) is 1. The molecule has 1 aliphatic carbocycles. The van der Waals surface area contributed by atoms with Crippen molar-refractivity contribution in [1.29, 1.82) is 0 Å². The van der Waals surface area contributed by atoms with Crippen LogP contribution in [0.4, 0.5) is 0 Å². The first-order chi connectivity index (χ1) is 8.47. The molecule has 0 radical (unpaired) electrons. The second-order valence-corrected chi connectivity index (χ2v) is 5.17. The summed E-state index contributed by atoms with van der Waals surface area (Å²) in [6.07, 6.45) is 7.38. The summed E-state index contributed by atoms with van der Waals surface area (Å²) in [5.41, 5.74) is 12.0. The third kappa shape index (κ3) is 8.84. The predicted octanol–water partition coefficient (Wildman–Crippen LogP) is 1.02. The minimum Gasteiger partial charge on any atom is -0.550 e. The molecule has 0 amide bonds. The van der Waals surface area contributed by atoms with Gasteiger partial charge < -0.3 is 15.6 Å². The Morgan fingerprint density at radius 2 is 2.00 bits per heavy atom. The molecule has 0 unspecified atom stereocenters. The zero-order valence-electron chi connectivity index (χ0n) is 11.3. The van der Waals surface area contributed by atoms with Crippen LogP contribution in [0.15, 0.2) is 5.11 Å². The van der Waals surface area contributed by atoms with Crippen LogP contribution in [0.3, 0.4) is 0 Å². The molecule has 0 bridgehead atoms. The number of carboxylic acids is 1. The number of carbonyl (C=O) groups is 1. The van der Waals surface area contributed by atoms with Gasteiger partial charge in [0.05, 0.1) is 18.1 Å². The predicted molar refractivity (Wildman–Crippen MR) is 67.2 cm³/mol. The molecule has 6 nitrogen and oxygen atoms in total. The van der Waals surface area contributed by atoms with Crippen molar-refractivity contribution in [3.05, 3.63) is 10.4 Å². The third-order valence-electron chi connectivity index (χ3n) is 2.88. The first kappa shape index (κ1) is 16.7. The fourth-order valence-corrected chi connectivity index (χ4v) is 1.89. The Kier molecular flexibility index (Phi) is 9.06. The summed E-state index contributed by atoms with van der Waals surface area (Å²) in [6, 6.07) is -0.242.